The Bertz CT molecular complexity index is 620. The third-order valence-electron chi connectivity index (χ3n) is 4.74. The van der Waals surface area contributed by atoms with Gasteiger partial charge in [-0.1, -0.05) is 26.0 Å². The van der Waals surface area contributed by atoms with Crippen molar-refractivity contribution in [2.45, 2.75) is 51.4 Å². The van der Waals surface area contributed by atoms with Crippen molar-refractivity contribution in [1.82, 2.24) is 15.5 Å². The third kappa shape index (κ3) is 5.94. The van der Waals surface area contributed by atoms with Gasteiger partial charge >= 0.3 is 0 Å². The van der Waals surface area contributed by atoms with Crippen molar-refractivity contribution in [1.29, 1.82) is 0 Å². The van der Waals surface area contributed by atoms with Gasteiger partial charge in [0.15, 0.2) is 5.96 Å². The van der Waals surface area contributed by atoms with Crippen LogP contribution in [-0.4, -0.2) is 53.9 Å². The molecule has 1 aliphatic rings. The second-order valence-electron chi connectivity index (χ2n) is 6.73. The maximum atomic E-state index is 12.3. The minimum Gasteiger partial charge on any atom is -0.352 e. The molecule has 144 valence electrons. The number of aliphatic imine (C=N–C) groups is 1. The number of rotatable bonds is 6. The fraction of sp³-hybridized carbons (Fsp3) is 0.600. The van der Waals surface area contributed by atoms with Crippen molar-refractivity contribution in [3.05, 3.63) is 35.4 Å². The summed E-state index contributed by atoms with van der Waals surface area (Å²) >= 11 is 2.05. The predicted octanol–water partition coefficient (Wildman–Crippen LogP) is 3.12. The van der Waals surface area contributed by atoms with Gasteiger partial charge in [-0.25, -0.2) is 0 Å². The van der Waals surface area contributed by atoms with Gasteiger partial charge in [0.25, 0.3) is 5.91 Å². The molecule has 1 saturated heterocycles. The van der Waals surface area contributed by atoms with Gasteiger partial charge in [0, 0.05) is 49.3 Å². The lowest BCUT2D eigenvalue weighted by Crippen LogP contribution is -2.47. The summed E-state index contributed by atoms with van der Waals surface area (Å²) in [4.78, 5) is 19.1. The van der Waals surface area contributed by atoms with E-state index in [9.17, 15) is 4.79 Å². The first-order chi connectivity index (χ1) is 12.6. The van der Waals surface area contributed by atoms with E-state index in [0.29, 0.717) is 17.4 Å². The van der Waals surface area contributed by atoms with Crippen LogP contribution in [0.5, 0.6) is 0 Å². The number of benzene rings is 1. The Balaban J connectivity index is 1.95. The lowest BCUT2D eigenvalue weighted by atomic mass is 10.1. The molecule has 0 radical (unpaired) electrons. The number of amides is 1. The number of guanidine groups is 1. The summed E-state index contributed by atoms with van der Waals surface area (Å²) in [6.45, 7) is 9.06. The van der Waals surface area contributed by atoms with Crippen molar-refractivity contribution in [2.24, 2.45) is 4.99 Å². The molecule has 1 aliphatic heterocycles. The minimum atomic E-state index is -0.00979. The number of thioether (sulfide) groups is 1. The van der Waals surface area contributed by atoms with E-state index < -0.39 is 0 Å². The summed E-state index contributed by atoms with van der Waals surface area (Å²) in [6.07, 6.45) is 2.11. The first-order valence-corrected chi connectivity index (χ1v) is 10.6. The van der Waals surface area contributed by atoms with E-state index in [-0.39, 0.29) is 11.9 Å². The van der Waals surface area contributed by atoms with Crippen LogP contribution in [-0.2, 0) is 6.54 Å². The Morgan fingerprint density at radius 1 is 1.42 bits per heavy atom. The van der Waals surface area contributed by atoms with Crippen LogP contribution in [0.15, 0.2) is 29.3 Å². The Morgan fingerprint density at radius 2 is 2.23 bits per heavy atom. The molecule has 0 aliphatic carbocycles. The largest absolute Gasteiger partial charge is 0.352 e. The first kappa shape index (κ1) is 20.6. The molecule has 2 N–H and O–H groups in total. The molecular formula is C20H32N4OS. The minimum absolute atomic E-state index is 0.00979. The molecule has 1 aromatic carbocycles. The molecule has 5 nitrogen and oxygen atoms in total. The van der Waals surface area contributed by atoms with Crippen LogP contribution >= 0.6 is 11.8 Å². The van der Waals surface area contributed by atoms with E-state index in [0.717, 1.165) is 36.8 Å². The summed E-state index contributed by atoms with van der Waals surface area (Å²) in [6, 6.07) is 7.99. The quantitative estimate of drug-likeness (QED) is 0.592. The molecular weight excluding hydrogens is 344 g/mol. The number of nitrogens with one attached hydrogen (secondary N) is 2. The topological polar surface area (TPSA) is 56.7 Å². The van der Waals surface area contributed by atoms with Gasteiger partial charge in [-0.15, -0.1) is 0 Å². The van der Waals surface area contributed by atoms with Crippen LogP contribution < -0.4 is 10.6 Å². The second kappa shape index (κ2) is 10.5. The van der Waals surface area contributed by atoms with E-state index in [4.69, 9.17) is 0 Å². The zero-order valence-corrected chi connectivity index (χ0v) is 17.2. The van der Waals surface area contributed by atoms with Crippen LogP contribution in [0.3, 0.4) is 0 Å². The molecule has 1 amide bonds. The summed E-state index contributed by atoms with van der Waals surface area (Å²) in [5.74, 6) is 2.08. The molecule has 0 spiro atoms. The molecule has 2 unspecified atom stereocenters. The molecule has 26 heavy (non-hydrogen) atoms. The van der Waals surface area contributed by atoms with E-state index >= 15 is 0 Å². The number of nitrogens with zero attached hydrogens (tertiary/aromatic N) is 2. The highest BCUT2D eigenvalue weighted by Gasteiger charge is 2.21. The summed E-state index contributed by atoms with van der Waals surface area (Å²) < 4.78 is 0. The van der Waals surface area contributed by atoms with Crippen LogP contribution in [0.2, 0.25) is 0 Å². The maximum Gasteiger partial charge on any atom is 0.251 e. The zero-order valence-electron chi connectivity index (χ0n) is 16.4. The van der Waals surface area contributed by atoms with E-state index in [1.54, 1.807) is 0 Å². The summed E-state index contributed by atoms with van der Waals surface area (Å²) in [5.41, 5.74) is 1.79. The SMILES string of the molecule is CCC(C)NC(=O)c1cccc(CNC(=NC)N2CCSC(CC)C2)c1. The monoisotopic (exact) mass is 376 g/mol. The molecule has 1 fully saturated rings. The number of hydrogen-bond donors (Lipinski definition) is 2. The molecule has 0 bridgehead atoms. The van der Waals surface area contributed by atoms with Gasteiger partial charge in [0.1, 0.15) is 0 Å². The molecule has 2 rings (SSSR count). The highest BCUT2D eigenvalue weighted by Crippen LogP contribution is 2.21. The van der Waals surface area contributed by atoms with Crippen molar-refractivity contribution in [2.75, 3.05) is 25.9 Å². The summed E-state index contributed by atoms with van der Waals surface area (Å²) in [7, 11) is 1.83. The Labute approximate surface area is 162 Å². The van der Waals surface area contributed by atoms with Crippen molar-refractivity contribution in [3.8, 4) is 0 Å². The lowest BCUT2D eigenvalue weighted by molar-refractivity contribution is 0.0939. The average molecular weight is 377 g/mol. The standard InChI is InChI=1S/C20H32N4OS/c1-5-15(3)23-19(25)17-9-7-8-16(12-17)13-22-20(21-4)24-10-11-26-18(6-2)14-24/h7-9,12,15,18H,5-6,10-11,13-14H2,1-4H3,(H,21,22)(H,23,25). The number of carbonyl (C=O) groups excluding carboxylic acids is 1. The van der Waals surface area contributed by atoms with Gasteiger partial charge in [-0.2, -0.15) is 11.8 Å². The Kier molecular flexibility index (Phi) is 8.29. The molecule has 1 heterocycles. The zero-order chi connectivity index (χ0) is 18.9. The molecule has 0 saturated carbocycles. The highest BCUT2D eigenvalue weighted by atomic mass is 32.2. The van der Waals surface area contributed by atoms with Crippen molar-refractivity contribution in [3.63, 3.8) is 0 Å². The smallest absolute Gasteiger partial charge is 0.251 e. The van der Waals surface area contributed by atoms with Crippen LogP contribution in [0, 0.1) is 0 Å². The van der Waals surface area contributed by atoms with Gasteiger partial charge in [-0.3, -0.25) is 9.79 Å². The van der Waals surface area contributed by atoms with Crippen LogP contribution in [0.1, 0.15) is 49.5 Å². The fourth-order valence-electron chi connectivity index (χ4n) is 2.90. The molecule has 2 atom stereocenters. The molecule has 6 heteroatoms. The molecule has 1 aromatic rings. The molecule has 0 aromatic heterocycles. The van der Waals surface area contributed by atoms with E-state index in [1.807, 2.05) is 38.2 Å². The number of hydrogen-bond acceptors (Lipinski definition) is 3. The van der Waals surface area contributed by atoms with E-state index in [1.165, 1.54) is 6.42 Å². The van der Waals surface area contributed by atoms with Crippen LogP contribution in [0.25, 0.3) is 0 Å². The Morgan fingerprint density at radius 3 is 2.92 bits per heavy atom. The highest BCUT2D eigenvalue weighted by molar-refractivity contribution is 8.00. The first-order valence-electron chi connectivity index (χ1n) is 9.54. The predicted molar refractivity (Wildman–Crippen MR) is 112 cm³/mol. The van der Waals surface area contributed by atoms with Crippen molar-refractivity contribution >= 4 is 23.6 Å². The average Bonchev–Trinajstić information content (AvgIpc) is 2.68. The Hall–Kier alpha value is -1.69. The fourth-order valence-corrected chi connectivity index (χ4v) is 4.08. The summed E-state index contributed by atoms with van der Waals surface area (Å²) in [5, 5.41) is 7.15. The second-order valence-corrected chi connectivity index (χ2v) is 8.14. The normalized spacial score (nSPS) is 19.2. The van der Waals surface area contributed by atoms with Gasteiger partial charge in [-0.05, 0) is 37.5 Å². The van der Waals surface area contributed by atoms with Crippen LogP contribution in [0.4, 0.5) is 0 Å². The van der Waals surface area contributed by atoms with Gasteiger partial charge < -0.3 is 15.5 Å². The van der Waals surface area contributed by atoms with Gasteiger partial charge in [0.05, 0.1) is 0 Å². The maximum absolute atomic E-state index is 12.3. The van der Waals surface area contributed by atoms with Gasteiger partial charge in [0.2, 0.25) is 0 Å². The third-order valence-corrected chi connectivity index (χ3v) is 6.11. The van der Waals surface area contributed by atoms with E-state index in [2.05, 4.69) is 46.1 Å². The number of carbonyl (C=O) groups is 1. The van der Waals surface area contributed by atoms with Crippen molar-refractivity contribution < 1.29 is 4.79 Å². The lowest BCUT2D eigenvalue weighted by Gasteiger charge is -2.34.